The number of ether oxygens (including phenoxy) is 2. The molecule has 0 saturated carbocycles. The molecule has 1 saturated heterocycles. The first kappa shape index (κ1) is 27.5. The number of nitrogens with zero attached hydrogens (tertiary/aromatic N) is 1. The first-order valence-corrected chi connectivity index (χ1v) is 12.8. The van der Waals surface area contributed by atoms with E-state index in [0.717, 1.165) is 27.8 Å². The maximum absolute atomic E-state index is 12.8. The van der Waals surface area contributed by atoms with Crippen LogP contribution >= 0.6 is 11.8 Å². The van der Waals surface area contributed by atoms with Crippen LogP contribution in [0.3, 0.4) is 0 Å². The van der Waals surface area contributed by atoms with Gasteiger partial charge in [-0.1, -0.05) is 42.5 Å². The average molecular weight is 546 g/mol. The fraction of sp³-hybridized carbons (Fsp3) is 0.172. The SMILES string of the molecule is COc1ccccc1NC(=O)COc1ccc(/C=C2\SC(=O)N(CC(=O)Nc3c(C)cccc3C)C2=O)cc1. The van der Waals surface area contributed by atoms with E-state index in [9.17, 15) is 19.2 Å². The lowest BCUT2D eigenvalue weighted by molar-refractivity contribution is -0.127. The van der Waals surface area contributed by atoms with Gasteiger partial charge in [-0.15, -0.1) is 0 Å². The quantitative estimate of drug-likeness (QED) is 0.364. The van der Waals surface area contributed by atoms with Crippen molar-refractivity contribution in [2.24, 2.45) is 0 Å². The van der Waals surface area contributed by atoms with E-state index >= 15 is 0 Å². The molecule has 3 aromatic carbocycles. The number of anilines is 2. The summed E-state index contributed by atoms with van der Waals surface area (Å²) >= 11 is 0.778. The molecule has 1 fully saturated rings. The average Bonchev–Trinajstić information content (AvgIpc) is 3.18. The topological polar surface area (TPSA) is 114 Å². The van der Waals surface area contributed by atoms with Crippen molar-refractivity contribution < 1.29 is 28.7 Å². The van der Waals surface area contributed by atoms with E-state index in [2.05, 4.69) is 10.6 Å². The van der Waals surface area contributed by atoms with E-state index in [1.165, 1.54) is 7.11 Å². The molecular formula is C29H27N3O6S. The number of hydrogen-bond acceptors (Lipinski definition) is 7. The lowest BCUT2D eigenvalue weighted by Gasteiger charge is -2.15. The van der Waals surface area contributed by atoms with Crippen LogP contribution in [0.15, 0.2) is 71.6 Å². The number of amides is 4. The van der Waals surface area contributed by atoms with Gasteiger partial charge < -0.3 is 20.1 Å². The molecule has 4 rings (SSSR count). The Hall–Kier alpha value is -4.57. The molecular weight excluding hydrogens is 518 g/mol. The number of rotatable bonds is 9. The van der Waals surface area contributed by atoms with Crippen LogP contribution in [0.2, 0.25) is 0 Å². The zero-order valence-corrected chi connectivity index (χ0v) is 22.5. The summed E-state index contributed by atoms with van der Waals surface area (Å²) in [5.41, 5.74) is 3.65. The second-order valence-electron chi connectivity index (χ2n) is 8.69. The summed E-state index contributed by atoms with van der Waals surface area (Å²) in [6.45, 7) is 3.16. The predicted molar refractivity (Wildman–Crippen MR) is 151 cm³/mol. The number of aryl methyl sites for hydroxylation is 2. The number of para-hydroxylation sites is 3. The van der Waals surface area contributed by atoms with Crippen LogP contribution in [-0.2, 0) is 14.4 Å². The van der Waals surface area contributed by atoms with E-state index in [1.54, 1.807) is 54.6 Å². The first-order chi connectivity index (χ1) is 18.7. The second-order valence-corrected chi connectivity index (χ2v) is 9.68. The molecule has 0 atom stereocenters. The maximum atomic E-state index is 12.8. The van der Waals surface area contributed by atoms with Gasteiger partial charge in [-0.05, 0) is 72.6 Å². The third kappa shape index (κ3) is 6.85. The fourth-order valence-corrected chi connectivity index (χ4v) is 4.70. The van der Waals surface area contributed by atoms with Crippen LogP contribution in [0.25, 0.3) is 6.08 Å². The molecule has 9 nitrogen and oxygen atoms in total. The highest BCUT2D eigenvalue weighted by Gasteiger charge is 2.36. The smallest absolute Gasteiger partial charge is 0.294 e. The van der Waals surface area contributed by atoms with Crippen molar-refractivity contribution >= 4 is 52.2 Å². The standard InChI is InChI=1S/C29H27N3O6S/c1-18-7-6-8-19(2)27(18)31-25(33)16-32-28(35)24(39-29(32)36)15-20-11-13-21(14-12-20)38-17-26(34)30-22-9-4-5-10-23(22)37-3/h4-15H,16-17H2,1-3H3,(H,30,34)(H,31,33)/b24-15-. The molecule has 1 aliphatic rings. The maximum Gasteiger partial charge on any atom is 0.294 e. The van der Waals surface area contributed by atoms with Crippen LogP contribution in [0.5, 0.6) is 11.5 Å². The number of benzene rings is 3. The molecule has 0 bridgehead atoms. The van der Waals surface area contributed by atoms with Gasteiger partial charge in [0.2, 0.25) is 5.91 Å². The van der Waals surface area contributed by atoms with Gasteiger partial charge in [-0.2, -0.15) is 0 Å². The van der Waals surface area contributed by atoms with Gasteiger partial charge in [-0.25, -0.2) is 0 Å². The highest BCUT2D eigenvalue weighted by Crippen LogP contribution is 2.32. The molecule has 10 heteroatoms. The molecule has 0 radical (unpaired) electrons. The van der Waals surface area contributed by atoms with Gasteiger partial charge in [0.1, 0.15) is 18.0 Å². The van der Waals surface area contributed by atoms with Crippen LogP contribution in [0, 0.1) is 13.8 Å². The number of imide groups is 1. The molecule has 39 heavy (non-hydrogen) atoms. The minimum atomic E-state index is -0.532. The summed E-state index contributed by atoms with van der Waals surface area (Å²) in [4.78, 5) is 51.3. The zero-order valence-electron chi connectivity index (χ0n) is 21.6. The molecule has 0 spiro atoms. The largest absolute Gasteiger partial charge is 0.495 e. The Kier molecular flexibility index (Phi) is 8.67. The summed E-state index contributed by atoms with van der Waals surface area (Å²) in [6, 6.07) is 19.4. The number of carbonyl (C=O) groups is 4. The van der Waals surface area contributed by atoms with Crippen molar-refractivity contribution in [1.29, 1.82) is 0 Å². The summed E-state index contributed by atoms with van der Waals surface area (Å²) in [5, 5.41) is 5.02. The second kappa shape index (κ2) is 12.3. The molecule has 4 amide bonds. The van der Waals surface area contributed by atoms with Gasteiger partial charge in [-0.3, -0.25) is 24.1 Å². The van der Waals surface area contributed by atoms with Crippen molar-refractivity contribution in [3.8, 4) is 11.5 Å². The molecule has 1 aliphatic heterocycles. The molecule has 200 valence electrons. The normalized spacial score (nSPS) is 13.9. The van der Waals surface area contributed by atoms with Gasteiger partial charge in [0.15, 0.2) is 6.61 Å². The Bertz CT molecular complexity index is 1430. The Morgan fingerprint density at radius 3 is 2.28 bits per heavy atom. The van der Waals surface area contributed by atoms with E-state index in [0.29, 0.717) is 28.4 Å². The van der Waals surface area contributed by atoms with Gasteiger partial charge >= 0.3 is 0 Å². The first-order valence-electron chi connectivity index (χ1n) is 12.0. The van der Waals surface area contributed by atoms with E-state index in [1.807, 2.05) is 32.0 Å². The van der Waals surface area contributed by atoms with Gasteiger partial charge in [0, 0.05) is 5.69 Å². The third-order valence-corrected chi connectivity index (χ3v) is 6.76. The number of carbonyl (C=O) groups excluding carboxylic acids is 4. The number of thioether (sulfide) groups is 1. The summed E-state index contributed by atoms with van der Waals surface area (Å²) < 4.78 is 10.8. The van der Waals surface area contributed by atoms with E-state index < -0.39 is 17.1 Å². The van der Waals surface area contributed by atoms with Crippen molar-refractivity contribution in [1.82, 2.24) is 4.90 Å². The van der Waals surface area contributed by atoms with Crippen LogP contribution in [0.4, 0.5) is 16.2 Å². The lowest BCUT2D eigenvalue weighted by atomic mass is 10.1. The van der Waals surface area contributed by atoms with Crippen LogP contribution in [0.1, 0.15) is 16.7 Å². The van der Waals surface area contributed by atoms with Crippen molar-refractivity contribution in [2.75, 3.05) is 30.9 Å². The lowest BCUT2D eigenvalue weighted by Crippen LogP contribution is -2.36. The van der Waals surface area contributed by atoms with Crippen LogP contribution < -0.4 is 20.1 Å². The van der Waals surface area contributed by atoms with Gasteiger partial charge in [0.05, 0.1) is 17.7 Å². The van der Waals surface area contributed by atoms with E-state index in [-0.39, 0.29) is 24.0 Å². The van der Waals surface area contributed by atoms with Crippen molar-refractivity contribution in [3.05, 3.63) is 88.3 Å². The molecule has 0 aromatic heterocycles. The Balaban J connectivity index is 1.32. The van der Waals surface area contributed by atoms with Crippen molar-refractivity contribution in [2.45, 2.75) is 13.8 Å². The highest BCUT2D eigenvalue weighted by molar-refractivity contribution is 8.18. The Labute approximate surface area is 230 Å². The molecule has 2 N–H and O–H groups in total. The molecule has 1 heterocycles. The summed E-state index contributed by atoms with van der Waals surface area (Å²) in [7, 11) is 1.52. The highest BCUT2D eigenvalue weighted by atomic mass is 32.2. The molecule has 0 aliphatic carbocycles. The predicted octanol–water partition coefficient (Wildman–Crippen LogP) is 5.00. The van der Waals surface area contributed by atoms with Crippen LogP contribution in [-0.4, -0.2) is 48.1 Å². The zero-order chi connectivity index (χ0) is 27.9. The summed E-state index contributed by atoms with van der Waals surface area (Å²) in [6.07, 6.45) is 1.58. The number of nitrogens with one attached hydrogen (secondary N) is 2. The minimum absolute atomic E-state index is 0.208. The fourth-order valence-electron chi connectivity index (χ4n) is 3.87. The van der Waals surface area contributed by atoms with Gasteiger partial charge in [0.25, 0.3) is 17.1 Å². The Morgan fingerprint density at radius 2 is 1.59 bits per heavy atom. The third-order valence-electron chi connectivity index (χ3n) is 5.85. The molecule has 0 unspecified atom stereocenters. The Morgan fingerprint density at radius 1 is 0.897 bits per heavy atom. The molecule has 3 aromatic rings. The minimum Gasteiger partial charge on any atom is -0.495 e. The van der Waals surface area contributed by atoms with Crippen molar-refractivity contribution in [3.63, 3.8) is 0 Å². The van der Waals surface area contributed by atoms with E-state index in [4.69, 9.17) is 9.47 Å². The number of methoxy groups -OCH3 is 1. The monoisotopic (exact) mass is 545 g/mol. The number of hydrogen-bond donors (Lipinski definition) is 2. The summed E-state index contributed by atoms with van der Waals surface area (Å²) in [5.74, 6) is -0.332.